The summed E-state index contributed by atoms with van der Waals surface area (Å²) in [5, 5.41) is 10.2. The van der Waals surface area contributed by atoms with Crippen molar-refractivity contribution in [1.29, 1.82) is 0 Å². The van der Waals surface area contributed by atoms with Gasteiger partial charge in [-0.3, -0.25) is 0 Å². The Kier molecular flexibility index (Phi) is 7.82. The fourth-order valence-electron chi connectivity index (χ4n) is 5.62. The summed E-state index contributed by atoms with van der Waals surface area (Å²) in [5.41, 5.74) is 1.36. The zero-order valence-corrected chi connectivity index (χ0v) is 22.1. The van der Waals surface area contributed by atoms with E-state index in [0.29, 0.717) is 6.61 Å². The predicted molar refractivity (Wildman–Crippen MR) is 151 cm³/mol. The van der Waals surface area contributed by atoms with Crippen LogP contribution in [0.15, 0.2) is 121 Å². The Labute approximate surface area is 226 Å². The Balaban J connectivity index is 1.77. The molecule has 0 aliphatic carbocycles. The number of benzene rings is 4. The van der Waals surface area contributed by atoms with Crippen LogP contribution in [0.1, 0.15) is 48.9 Å². The Morgan fingerprint density at radius 1 is 0.605 bits per heavy atom. The molecular formula is C33H35BO4. The van der Waals surface area contributed by atoms with Gasteiger partial charge < -0.3 is 19.1 Å². The zero-order chi connectivity index (χ0) is 26.5. The molecule has 0 saturated carbocycles. The van der Waals surface area contributed by atoms with E-state index < -0.39 is 18.5 Å². The third kappa shape index (κ3) is 4.40. The summed E-state index contributed by atoms with van der Waals surface area (Å²) in [5.74, 6) is 0. The highest BCUT2D eigenvalue weighted by Crippen LogP contribution is 2.59. The maximum atomic E-state index is 10.2. The summed E-state index contributed by atoms with van der Waals surface area (Å²) in [4.78, 5) is 0. The van der Waals surface area contributed by atoms with Gasteiger partial charge in [-0.2, -0.15) is 0 Å². The van der Waals surface area contributed by atoms with Crippen molar-refractivity contribution in [2.75, 3.05) is 13.2 Å². The molecule has 1 N–H and O–H groups in total. The lowest BCUT2D eigenvalue weighted by molar-refractivity contribution is 0.00370. The van der Waals surface area contributed by atoms with E-state index in [-0.39, 0.29) is 12.0 Å². The molecule has 5 rings (SSSR count). The summed E-state index contributed by atoms with van der Waals surface area (Å²) in [6.07, 6.45) is 1.58. The van der Waals surface area contributed by atoms with Gasteiger partial charge in [0.2, 0.25) is 0 Å². The average molecular weight is 506 g/mol. The maximum absolute atomic E-state index is 10.2. The van der Waals surface area contributed by atoms with E-state index in [0.717, 1.165) is 35.1 Å². The van der Waals surface area contributed by atoms with E-state index in [9.17, 15) is 5.11 Å². The quantitative estimate of drug-likeness (QED) is 0.243. The van der Waals surface area contributed by atoms with E-state index >= 15 is 0 Å². The molecule has 1 aliphatic rings. The molecule has 1 fully saturated rings. The molecule has 1 aliphatic heterocycles. The van der Waals surface area contributed by atoms with E-state index in [4.69, 9.17) is 14.0 Å². The minimum absolute atomic E-state index is 0.0394. The smallest absolute Gasteiger partial charge is 0.396 e. The van der Waals surface area contributed by atoms with Gasteiger partial charge in [0.15, 0.2) is 0 Å². The van der Waals surface area contributed by atoms with Crippen LogP contribution in [0, 0.1) is 5.41 Å². The summed E-state index contributed by atoms with van der Waals surface area (Å²) in [6, 6.07) is 41.0. The minimum atomic E-state index is -1.07. The number of hydrogen-bond donors (Lipinski definition) is 1. The van der Waals surface area contributed by atoms with Crippen LogP contribution in [-0.2, 0) is 25.2 Å². The predicted octanol–water partition coefficient (Wildman–Crippen LogP) is 6.72. The van der Waals surface area contributed by atoms with Crippen molar-refractivity contribution in [1.82, 2.24) is 0 Å². The first-order chi connectivity index (χ1) is 18.6. The summed E-state index contributed by atoms with van der Waals surface area (Å²) >= 11 is 0. The maximum Gasteiger partial charge on any atom is 0.641 e. The summed E-state index contributed by atoms with van der Waals surface area (Å²) in [7, 11) is -0.972. The van der Waals surface area contributed by atoms with Gasteiger partial charge in [-0.15, -0.1) is 0 Å². The number of rotatable bonds is 10. The number of hydrogen-bond acceptors (Lipinski definition) is 4. The first-order valence-electron chi connectivity index (χ1n) is 13.4. The molecule has 0 unspecified atom stereocenters. The lowest BCUT2D eigenvalue weighted by atomic mass is 9.66. The van der Waals surface area contributed by atoms with Gasteiger partial charge in [-0.25, -0.2) is 0 Å². The topological polar surface area (TPSA) is 47.9 Å². The van der Waals surface area contributed by atoms with Crippen molar-refractivity contribution < 1.29 is 19.1 Å². The number of aliphatic hydroxyl groups is 1. The highest BCUT2D eigenvalue weighted by molar-refractivity contribution is 6.38. The standard InChI is InChI=1S/C33H35BO4/c1-3-31(4-2,25-35)26-36-34-37-32(27-17-9-5-10-18-27,28-19-11-6-12-20-28)33(38-34,29-21-13-7-14-22-29)30-23-15-8-16-24-30/h5-24,35H,3-4,25-26H2,1-2H3. The molecule has 0 radical (unpaired) electrons. The molecule has 194 valence electrons. The third-order valence-corrected chi connectivity index (χ3v) is 8.12. The van der Waals surface area contributed by atoms with Gasteiger partial charge >= 0.3 is 7.32 Å². The lowest BCUT2D eigenvalue weighted by Gasteiger charge is -2.45. The molecular weight excluding hydrogens is 471 g/mol. The van der Waals surface area contributed by atoms with E-state index in [1.165, 1.54) is 0 Å². The van der Waals surface area contributed by atoms with Crippen molar-refractivity contribution in [3.8, 4) is 0 Å². The lowest BCUT2D eigenvalue weighted by Crippen LogP contribution is -2.48. The Morgan fingerprint density at radius 2 is 0.921 bits per heavy atom. The molecule has 4 aromatic rings. The molecule has 0 bridgehead atoms. The normalized spacial score (nSPS) is 16.4. The van der Waals surface area contributed by atoms with Gasteiger partial charge in [0.25, 0.3) is 0 Å². The van der Waals surface area contributed by atoms with Gasteiger partial charge in [-0.1, -0.05) is 135 Å². The van der Waals surface area contributed by atoms with Crippen LogP contribution in [-0.4, -0.2) is 25.6 Å². The Morgan fingerprint density at radius 3 is 1.18 bits per heavy atom. The van der Waals surface area contributed by atoms with Gasteiger partial charge in [-0.05, 0) is 35.1 Å². The van der Waals surface area contributed by atoms with Gasteiger partial charge in [0.1, 0.15) is 11.2 Å². The SMILES string of the molecule is CCC(CC)(CO)COB1OC(c2ccccc2)(c2ccccc2)C(c2ccccc2)(c2ccccc2)O1. The Bertz CT molecular complexity index is 1100. The second-order valence-corrected chi connectivity index (χ2v) is 10.0. The fourth-order valence-corrected chi connectivity index (χ4v) is 5.62. The molecule has 0 amide bonds. The van der Waals surface area contributed by atoms with Crippen LogP contribution in [0.5, 0.6) is 0 Å². The molecule has 0 spiro atoms. The first-order valence-corrected chi connectivity index (χ1v) is 13.4. The third-order valence-electron chi connectivity index (χ3n) is 8.12. The highest BCUT2D eigenvalue weighted by Gasteiger charge is 2.67. The van der Waals surface area contributed by atoms with Crippen LogP contribution in [0.4, 0.5) is 0 Å². The molecule has 1 heterocycles. The van der Waals surface area contributed by atoms with Crippen LogP contribution in [0.3, 0.4) is 0 Å². The summed E-state index contributed by atoms with van der Waals surface area (Å²) < 4.78 is 20.5. The van der Waals surface area contributed by atoms with E-state index in [1.807, 2.05) is 72.8 Å². The molecule has 1 saturated heterocycles. The molecule has 0 atom stereocenters. The molecule has 38 heavy (non-hydrogen) atoms. The molecule has 5 heteroatoms. The van der Waals surface area contributed by atoms with E-state index in [1.54, 1.807) is 0 Å². The second kappa shape index (κ2) is 11.3. The Hall–Kier alpha value is -3.22. The van der Waals surface area contributed by atoms with Crippen LogP contribution in [0.25, 0.3) is 0 Å². The zero-order valence-electron chi connectivity index (χ0n) is 22.1. The molecule has 4 aromatic carbocycles. The van der Waals surface area contributed by atoms with Crippen LogP contribution in [0.2, 0.25) is 0 Å². The largest absolute Gasteiger partial charge is 0.641 e. The van der Waals surface area contributed by atoms with Crippen molar-refractivity contribution in [2.24, 2.45) is 5.41 Å². The molecule has 0 aromatic heterocycles. The summed E-state index contributed by atoms with van der Waals surface area (Å²) in [6.45, 7) is 4.52. The minimum Gasteiger partial charge on any atom is -0.396 e. The first kappa shape index (κ1) is 26.4. The van der Waals surface area contributed by atoms with Crippen LogP contribution >= 0.6 is 0 Å². The van der Waals surface area contributed by atoms with E-state index in [2.05, 4.69) is 62.4 Å². The van der Waals surface area contributed by atoms with Crippen molar-refractivity contribution in [2.45, 2.75) is 37.9 Å². The highest BCUT2D eigenvalue weighted by atomic mass is 16.8. The number of aliphatic hydroxyl groups excluding tert-OH is 1. The van der Waals surface area contributed by atoms with Crippen molar-refractivity contribution >= 4 is 7.32 Å². The van der Waals surface area contributed by atoms with Crippen LogP contribution < -0.4 is 0 Å². The van der Waals surface area contributed by atoms with Gasteiger partial charge in [0.05, 0.1) is 6.61 Å². The molecule has 4 nitrogen and oxygen atoms in total. The van der Waals surface area contributed by atoms with Crippen molar-refractivity contribution in [3.63, 3.8) is 0 Å². The van der Waals surface area contributed by atoms with Crippen molar-refractivity contribution in [3.05, 3.63) is 144 Å². The monoisotopic (exact) mass is 506 g/mol. The average Bonchev–Trinajstić information content (AvgIpc) is 3.37. The van der Waals surface area contributed by atoms with Gasteiger partial charge in [0, 0.05) is 12.0 Å². The fraction of sp³-hybridized carbons (Fsp3) is 0.273. The second-order valence-electron chi connectivity index (χ2n) is 10.0.